The van der Waals surface area contributed by atoms with Crippen molar-refractivity contribution in [3.8, 4) is 0 Å². The summed E-state index contributed by atoms with van der Waals surface area (Å²) in [4.78, 5) is 0.972. The second-order valence-electron chi connectivity index (χ2n) is 6.61. The van der Waals surface area contributed by atoms with Crippen molar-refractivity contribution in [2.45, 2.75) is 70.0 Å². The average molecular weight is 296 g/mol. The van der Waals surface area contributed by atoms with Gasteiger partial charge < -0.3 is 9.84 Å². The van der Waals surface area contributed by atoms with Gasteiger partial charge in [0.15, 0.2) is 0 Å². The van der Waals surface area contributed by atoms with Crippen molar-refractivity contribution in [1.82, 2.24) is 9.59 Å². The second-order valence-corrected chi connectivity index (χ2v) is 7.40. The summed E-state index contributed by atoms with van der Waals surface area (Å²) in [5.41, 5.74) is 1.02. The van der Waals surface area contributed by atoms with Crippen LogP contribution in [0.4, 0.5) is 0 Å². The Morgan fingerprint density at radius 3 is 2.80 bits per heavy atom. The van der Waals surface area contributed by atoms with Crippen molar-refractivity contribution in [3.63, 3.8) is 0 Å². The molecule has 1 aliphatic carbocycles. The van der Waals surface area contributed by atoms with Crippen molar-refractivity contribution < 1.29 is 9.84 Å². The molecule has 4 nitrogen and oxygen atoms in total. The molecule has 2 atom stereocenters. The minimum Gasteiger partial charge on any atom is -0.387 e. The zero-order valence-electron chi connectivity index (χ0n) is 12.3. The minimum absolute atomic E-state index is 0.0556. The zero-order chi connectivity index (χ0) is 14.2. The molecule has 5 heteroatoms. The van der Waals surface area contributed by atoms with Crippen LogP contribution in [0.3, 0.4) is 0 Å². The molecule has 1 saturated heterocycles. The first-order chi connectivity index (χ1) is 9.61. The Morgan fingerprint density at radius 1 is 1.35 bits per heavy atom. The predicted octanol–water partition coefficient (Wildman–Crippen LogP) is 3.43. The summed E-state index contributed by atoms with van der Waals surface area (Å²) in [7, 11) is 0. The van der Waals surface area contributed by atoms with Crippen molar-refractivity contribution in [2.24, 2.45) is 5.92 Å². The number of nitrogens with zero attached hydrogens (tertiary/aromatic N) is 2. The molecule has 1 spiro atoms. The highest BCUT2D eigenvalue weighted by Gasteiger charge is 2.42. The van der Waals surface area contributed by atoms with Crippen LogP contribution in [0.5, 0.6) is 0 Å². The van der Waals surface area contributed by atoms with Gasteiger partial charge in [0.25, 0.3) is 0 Å². The van der Waals surface area contributed by atoms with E-state index in [0.717, 1.165) is 42.9 Å². The molecule has 1 N–H and O–H groups in total. The molecule has 2 aliphatic rings. The van der Waals surface area contributed by atoms with Gasteiger partial charge in [-0.1, -0.05) is 31.2 Å². The van der Waals surface area contributed by atoms with Gasteiger partial charge >= 0.3 is 0 Å². The Hall–Kier alpha value is -0.520. The SMILES string of the molecule is CC(C)c1nnsc1C(O)C1CCOC2(CCCC2)C1. The zero-order valence-corrected chi connectivity index (χ0v) is 13.2. The summed E-state index contributed by atoms with van der Waals surface area (Å²) in [5.74, 6) is 0.611. The Balaban J connectivity index is 1.76. The summed E-state index contributed by atoms with van der Waals surface area (Å²) < 4.78 is 10.1. The molecule has 2 heterocycles. The number of aliphatic hydroxyl groups excluding tert-OH is 1. The molecular formula is C15H24N2O2S. The van der Waals surface area contributed by atoms with E-state index in [1.807, 2.05) is 0 Å². The Kier molecular flexibility index (Phi) is 4.11. The number of aliphatic hydroxyl groups is 1. The summed E-state index contributed by atoms with van der Waals surface area (Å²) in [6, 6.07) is 0. The molecule has 1 aromatic heterocycles. The van der Waals surface area contributed by atoms with Crippen LogP contribution in [0.2, 0.25) is 0 Å². The second kappa shape index (κ2) is 5.70. The highest BCUT2D eigenvalue weighted by molar-refractivity contribution is 7.05. The van der Waals surface area contributed by atoms with Crippen LogP contribution in [0.25, 0.3) is 0 Å². The molecule has 3 rings (SSSR count). The van der Waals surface area contributed by atoms with Crippen LogP contribution in [0, 0.1) is 5.92 Å². The van der Waals surface area contributed by atoms with Gasteiger partial charge in [-0.3, -0.25) is 0 Å². The maximum Gasteiger partial charge on any atom is 0.0947 e. The van der Waals surface area contributed by atoms with Crippen LogP contribution >= 0.6 is 11.5 Å². The number of rotatable bonds is 3. The summed E-state index contributed by atoms with van der Waals surface area (Å²) in [6.07, 6.45) is 6.36. The van der Waals surface area contributed by atoms with E-state index in [1.165, 1.54) is 24.4 Å². The van der Waals surface area contributed by atoms with Crippen molar-refractivity contribution >= 4 is 11.5 Å². The molecular weight excluding hydrogens is 272 g/mol. The van der Waals surface area contributed by atoms with Crippen LogP contribution in [-0.4, -0.2) is 26.9 Å². The number of ether oxygens (including phenoxy) is 1. The Bertz CT molecular complexity index is 454. The molecule has 2 unspecified atom stereocenters. The van der Waals surface area contributed by atoms with E-state index < -0.39 is 6.10 Å². The lowest BCUT2D eigenvalue weighted by Crippen LogP contribution is -2.39. The minimum atomic E-state index is -0.422. The molecule has 0 amide bonds. The molecule has 112 valence electrons. The first kappa shape index (κ1) is 14.4. The van der Waals surface area contributed by atoms with E-state index in [0.29, 0.717) is 11.8 Å². The largest absolute Gasteiger partial charge is 0.387 e. The lowest BCUT2D eigenvalue weighted by atomic mass is 9.81. The van der Waals surface area contributed by atoms with Gasteiger partial charge in [-0.15, -0.1) is 5.10 Å². The van der Waals surface area contributed by atoms with E-state index in [4.69, 9.17) is 4.74 Å². The fourth-order valence-electron chi connectivity index (χ4n) is 3.73. The van der Waals surface area contributed by atoms with Gasteiger partial charge in [0, 0.05) is 6.61 Å². The van der Waals surface area contributed by atoms with Crippen LogP contribution < -0.4 is 0 Å². The fourth-order valence-corrected chi connectivity index (χ4v) is 4.61. The average Bonchev–Trinajstić information content (AvgIpc) is 3.07. The lowest BCUT2D eigenvalue weighted by Gasteiger charge is -2.39. The van der Waals surface area contributed by atoms with Crippen LogP contribution in [0.1, 0.15) is 75.0 Å². The first-order valence-corrected chi connectivity index (χ1v) is 8.53. The third kappa shape index (κ3) is 2.63. The quantitative estimate of drug-likeness (QED) is 0.928. The molecule has 20 heavy (non-hydrogen) atoms. The van der Waals surface area contributed by atoms with Gasteiger partial charge in [0.05, 0.1) is 22.3 Å². The third-order valence-corrected chi connectivity index (χ3v) is 5.66. The van der Waals surface area contributed by atoms with E-state index >= 15 is 0 Å². The highest BCUT2D eigenvalue weighted by Crippen LogP contribution is 2.46. The number of aromatic nitrogens is 2. The molecule has 1 aromatic rings. The normalized spacial score (nSPS) is 27.3. The number of hydrogen-bond donors (Lipinski definition) is 1. The highest BCUT2D eigenvalue weighted by atomic mass is 32.1. The van der Waals surface area contributed by atoms with Gasteiger partial charge in [-0.2, -0.15) is 0 Å². The van der Waals surface area contributed by atoms with Crippen molar-refractivity contribution in [2.75, 3.05) is 6.61 Å². The van der Waals surface area contributed by atoms with Gasteiger partial charge in [0.2, 0.25) is 0 Å². The third-order valence-electron chi connectivity index (χ3n) is 4.85. The summed E-state index contributed by atoms with van der Waals surface area (Å²) >= 11 is 1.36. The maximum absolute atomic E-state index is 10.8. The molecule has 1 aliphatic heterocycles. The van der Waals surface area contributed by atoms with Gasteiger partial charge in [-0.05, 0) is 49.1 Å². The van der Waals surface area contributed by atoms with E-state index in [-0.39, 0.29) is 5.60 Å². The fraction of sp³-hybridized carbons (Fsp3) is 0.867. The standard InChI is InChI=1S/C15H24N2O2S/c1-10(2)12-14(20-17-16-12)13(18)11-5-8-19-15(9-11)6-3-4-7-15/h10-11,13,18H,3-9H2,1-2H3. The van der Waals surface area contributed by atoms with Crippen LogP contribution in [0.15, 0.2) is 0 Å². The summed E-state index contributed by atoms with van der Waals surface area (Å²) in [5, 5.41) is 15.0. The lowest BCUT2D eigenvalue weighted by molar-refractivity contribution is -0.113. The van der Waals surface area contributed by atoms with Crippen molar-refractivity contribution in [1.29, 1.82) is 0 Å². The van der Waals surface area contributed by atoms with Crippen molar-refractivity contribution in [3.05, 3.63) is 10.6 Å². The van der Waals surface area contributed by atoms with Gasteiger partial charge in [-0.25, -0.2) is 0 Å². The monoisotopic (exact) mass is 296 g/mol. The topological polar surface area (TPSA) is 55.2 Å². The smallest absolute Gasteiger partial charge is 0.0947 e. The van der Waals surface area contributed by atoms with E-state index in [9.17, 15) is 5.11 Å². The summed E-state index contributed by atoms with van der Waals surface area (Å²) in [6.45, 7) is 5.00. The van der Waals surface area contributed by atoms with E-state index in [2.05, 4.69) is 23.4 Å². The van der Waals surface area contributed by atoms with Gasteiger partial charge in [0.1, 0.15) is 0 Å². The van der Waals surface area contributed by atoms with Crippen LogP contribution in [-0.2, 0) is 4.74 Å². The molecule has 0 aromatic carbocycles. The molecule has 1 saturated carbocycles. The molecule has 0 radical (unpaired) electrons. The Morgan fingerprint density at radius 2 is 2.10 bits per heavy atom. The Labute approximate surface area is 124 Å². The number of hydrogen-bond acceptors (Lipinski definition) is 5. The maximum atomic E-state index is 10.8. The first-order valence-electron chi connectivity index (χ1n) is 7.75. The van der Waals surface area contributed by atoms with E-state index in [1.54, 1.807) is 0 Å². The molecule has 2 fully saturated rings. The molecule has 0 bridgehead atoms. The predicted molar refractivity (Wildman–Crippen MR) is 78.8 cm³/mol.